The van der Waals surface area contributed by atoms with Gasteiger partial charge >= 0.3 is 0 Å². The molecule has 1 aromatic carbocycles. The molecule has 21 heavy (non-hydrogen) atoms. The summed E-state index contributed by atoms with van der Waals surface area (Å²) < 4.78 is 2.90. The number of aromatic nitrogens is 2. The molecule has 2 aromatic heterocycles. The van der Waals surface area contributed by atoms with Crippen molar-refractivity contribution in [3.8, 4) is 0 Å². The van der Waals surface area contributed by atoms with Crippen LogP contribution in [0.5, 0.6) is 0 Å². The van der Waals surface area contributed by atoms with Gasteiger partial charge in [0.05, 0.1) is 10.1 Å². The lowest BCUT2D eigenvalue weighted by Gasteiger charge is -2.04. The molecule has 0 bridgehead atoms. The Morgan fingerprint density at radius 2 is 2.10 bits per heavy atom. The minimum Gasteiger partial charge on any atom is -0.313 e. The minimum absolute atomic E-state index is 0.128. The van der Waals surface area contributed by atoms with Crippen LogP contribution < -0.4 is 10.9 Å². The monoisotopic (exact) mass is 299 g/mol. The quantitative estimate of drug-likeness (QED) is 0.712. The Kier molecular flexibility index (Phi) is 4.43. The molecule has 0 saturated heterocycles. The number of hydrogen-bond donors (Lipinski definition) is 1. The Morgan fingerprint density at radius 3 is 2.90 bits per heavy atom. The van der Waals surface area contributed by atoms with Gasteiger partial charge in [0.25, 0.3) is 5.56 Å². The molecule has 3 rings (SSSR count). The van der Waals surface area contributed by atoms with Crippen LogP contribution >= 0.6 is 11.5 Å². The number of fused-ring (bicyclic) bond motifs is 1. The van der Waals surface area contributed by atoms with Crippen LogP contribution in [0.2, 0.25) is 0 Å². The molecule has 0 unspecified atom stereocenters. The second-order valence-corrected chi connectivity index (χ2v) is 5.95. The largest absolute Gasteiger partial charge is 0.313 e. The predicted octanol–water partition coefficient (Wildman–Crippen LogP) is 2.64. The van der Waals surface area contributed by atoms with E-state index in [-0.39, 0.29) is 5.56 Å². The lowest BCUT2D eigenvalue weighted by Crippen LogP contribution is -2.19. The van der Waals surface area contributed by atoms with Crippen molar-refractivity contribution in [1.82, 2.24) is 14.3 Å². The fourth-order valence-corrected chi connectivity index (χ4v) is 3.28. The summed E-state index contributed by atoms with van der Waals surface area (Å²) in [6.07, 6.45) is 4.58. The molecule has 0 fully saturated rings. The summed E-state index contributed by atoms with van der Waals surface area (Å²) in [6.45, 7) is 2.46. The highest BCUT2D eigenvalue weighted by atomic mass is 32.1. The van der Waals surface area contributed by atoms with Crippen molar-refractivity contribution in [1.29, 1.82) is 0 Å². The zero-order chi connectivity index (χ0) is 14.5. The van der Waals surface area contributed by atoms with Gasteiger partial charge in [0.1, 0.15) is 0 Å². The number of rotatable bonds is 6. The number of aryl methyl sites for hydroxylation is 1. The summed E-state index contributed by atoms with van der Waals surface area (Å²) in [5.74, 6) is 0. The summed E-state index contributed by atoms with van der Waals surface area (Å²) in [5.41, 5.74) is 1.30. The molecule has 0 aliphatic carbocycles. The maximum atomic E-state index is 12.2. The zero-order valence-electron chi connectivity index (χ0n) is 11.7. The van der Waals surface area contributed by atoms with Crippen molar-refractivity contribution in [2.24, 2.45) is 0 Å². The predicted molar refractivity (Wildman–Crippen MR) is 86.6 cm³/mol. The Hall–Kier alpha value is -1.98. The molecule has 2 heterocycles. The number of nitrogens with one attached hydrogen (secondary N) is 1. The molecule has 0 aliphatic rings. The van der Waals surface area contributed by atoms with E-state index >= 15 is 0 Å². The fourth-order valence-electron chi connectivity index (χ4n) is 2.25. The maximum Gasteiger partial charge on any atom is 0.268 e. The Labute approximate surface area is 127 Å². The summed E-state index contributed by atoms with van der Waals surface area (Å²) in [7, 11) is 0. The SMILES string of the molecule is O=c1c2ccccc2sn1CCCNCc1cccnc1. The number of pyridine rings is 1. The topological polar surface area (TPSA) is 46.9 Å². The van der Waals surface area contributed by atoms with E-state index in [1.807, 2.05) is 40.5 Å². The summed E-state index contributed by atoms with van der Waals surface area (Å²) in [5, 5.41) is 4.20. The van der Waals surface area contributed by atoms with Crippen molar-refractivity contribution < 1.29 is 0 Å². The third-order valence-electron chi connectivity index (χ3n) is 3.32. The van der Waals surface area contributed by atoms with E-state index < -0.39 is 0 Å². The fraction of sp³-hybridized carbons (Fsp3) is 0.250. The van der Waals surface area contributed by atoms with E-state index in [2.05, 4.69) is 16.4 Å². The Balaban J connectivity index is 1.51. The Bertz CT molecular complexity index is 764. The first-order valence-corrected chi connectivity index (χ1v) is 7.80. The molecule has 0 saturated carbocycles. The van der Waals surface area contributed by atoms with E-state index in [0.717, 1.165) is 36.1 Å². The van der Waals surface area contributed by atoms with Crippen molar-refractivity contribution in [2.75, 3.05) is 6.54 Å². The van der Waals surface area contributed by atoms with E-state index in [4.69, 9.17) is 0 Å². The van der Waals surface area contributed by atoms with Gasteiger partial charge in [-0.1, -0.05) is 29.7 Å². The molecule has 108 valence electrons. The van der Waals surface area contributed by atoms with Crippen LogP contribution in [0.15, 0.2) is 53.6 Å². The van der Waals surface area contributed by atoms with E-state index in [1.165, 1.54) is 5.56 Å². The number of benzene rings is 1. The summed E-state index contributed by atoms with van der Waals surface area (Å²) in [6, 6.07) is 11.8. The van der Waals surface area contributed by atoms with Gasteiger partial charge in [-0.2, -0.15) is 0 Å². The highest BCUT2D eigenvalue weighted by molar-refractivity contribution is 7.13. The Morgan fingerprint density at radius 1 is 1.19 bits per heavy atom. The van der Waals surface area contributed by atoms with Gasteiger partial charge in [0.15, 0.2) is 0 Å². The standard InChI is InChI=1S/C16H17N3OS/c20-16-14-6-1-2-7-15(14)21-19(16)10-4-9-18-12-13-5-3-8-17-11-13/h1-3,5-8,11,18H,4,9-10,12H2. The number of nitrogens with zero attached hydrogens (tertiary/aromatic N) is 2. The first-order chi connectivity index (χ1) is 10.3. The normalized spacial score (nSPS) is 11.0. The maximum absolute atomic E-state index is 12.2. The van der Waals surface area contributed by atoms with Gasteiger partial charge < -0.3 is 5.32 Å². The van der Waals surface area contributed by atoms with E-state index in [0.29, 0.717) is 0 Å². The first-order valence-electron chi connectivity index (χ1n) is 7.03. The van der Waals surface area contributed by atoms with Crippen LogP contribution in [0.1, 0.15) is 12.0 Å². The van der Waals surface area contributed by atoms with Crippen molar-refractivity contribution in [3.05, 3.63) is 64.7 Å². The van der Waals surface area contributed by atoms with Gasteiger partial charge in [-0.25, -0.2) is 0 Å². The first kappa shape index (κ1) is 14.0. The smallest absolute Gasteiger partial charge is 0.268 e. The van der Waals surface area contributed by atoms with Crippen LogP contribution in [0.4, 0.5) is 0 Å². The van der Waals surface area contributed by atoms with Gasteiger partial charge in [0.2, 0.25) is 0 Å². The zero-order valence-corrected chi connectivity index (χ0v) is 12.5. The van der Waals surface area contributed by atoms with Crippen LogP contribution in [-0.4, -0.2) is 15.5 Å². The highest BCUT2D eigenvalue weighted by Gasteiger charge is 2.05. The molecule has 0 amide bonds. The lowest BCUT2D eigenvalue weighted by molar-refractivity contribution is 0.595. The average Bonchev–Trinajstić information content (AvgIpc) is 2.85. The van der Waals surface area contributed by atoms with Crippen LogP contribution in [-0.2, 0) is 13.1 Å². The van der Waals surface area contributed by atoms with Gasteiger partial charge in [0, 0.05) is 25.5 Å². The summed E-state index contributed by atoms with van der Waals surface area (Å²) >= 11 is 1.54. The molecule has 0 atom stereocenters. The molecular formula is C16H17N3OS. The second-order valence-electron chi connectivity index (χ2n) is 4.89. The molecule has 0 spiro atoms. The summed E-state index contributed by atoms with van der Waals surface area (Å²) in [4.78, 5) is 16.2. The number of hydrogen-bond acceptors (Lipinski definition) is 4. The molecule has 1 N–H and O–H groups in total. The third-order valence-corrected chi connectivity index (χ3v) is 4.44. The van der Waals surface area contributed by atoms with Crippen molar-refractivity contribution >= 4 is 21.6 Å². The van der Waals surface area contributed by atoms with E-state index in [9.17, 15) is 4.79 Å². The molecule has 0 aliphatic heterocycles. The van der Waals surface area contributed by atoms with Crippen LogP contribution in [0.3, 0.4) is 0 Å². The molecule has 3 aromatic rings. The van der Waals surface area contributed by atoms with Crippen molar-refractivity contribution in [3.63, 3.8) is 0 Å². The molecule has 0 radical (unpaired) electrons. The molecular weight excluding hydrogens is 282 g/mol. The molecule has 5 heteroatoms. The van der Waals surface area contributed by atoms with Gasteiger partial charge in [-0.15, -0.1) is 0 Å². The average molecular weight is 299 g/mol. The van der Waals surface area contributed by atoms with Crippen LogP contribution in [0.25, 0.3) is 10.1 Å². The van der Waals surface area contributed by atoms with E-state index in [1.54, 1.807) is 17.7 Å². The van der Waals surface area contributed by atoms with Gasteiger partial charge in [-0.3, -0.25) is 13.7 Å². The van der Waals surface area contributed by atoms with Crippen molar-refractivity contribution in [2.45, 2.75) is 19.5 Å². The van der Waals surface area contributed by atoms with Crippen LogP contribution in [0, 0.1) is 0 Å². The lowest BCUT2D eigenvalue weighted by atomic mass is 10.3. The van der Waals surface area contributed by atoms with Gasteiger partial charge in [-0.05, 0) is 36.7 Å². The highest BCUT2D eigenvalue weighted by Crippen LogP contribution is 2.15. The molecule has 4 nitrogen and oxygen atoms in total. The minimum atomic E-state index is 0.128. The second kappa shape index (κ2) is 6.65. The third kappa shape index (κ3) is 3.37.